The van der Waals surface area contributed by atoms with E-state index in [4.69, 9.17) is 15.2 Å². The Morgan fingerprint density at radius 2 is 2.11 bits per heavy atom. The third kappa shape index (κ3) is 3.95. The number of halogens is 1. The van der Waals surface area contributed by atoms with Crippen molar-refractivity contribution in [2.45, 2.75) is 51.2 Å². The fourth-order valence-electron chi connectivity index (χ4n) is 2.65. The predicted octanol–water partition coefficient (Wildman–Crippen LogP) is -1.29. The van der Waals surface area contributed by atoms with Crippen LogP contribution in [0.5, 0.6) is 0 Å². The number of hydrogen-bond acceptors (Lipinski definition) is 9. The van der Waals surface area contributed by atoms with Crippen molar-refractivity contribution in [3.05, 3.63) is 22.5 Å². The Bertz CT molecular complexity index is 763. The van der Waals surface area contributed by atoms with E-state index in [0.717, 1.165) is 0 Å². The van der Waals surface area contributed by atoms with Gasteiger partial charge in [-0.25, -0.2) is 14.0 Å². The molecule has 1 saturated heterocycles. The summed E-state index contributed by atoms with van der Waals surface area (Å²) in [5.74, 6) is -3.09. The number of nitrogens with two attached hydrogens (primary N) is 1. The molecule has 1 aliphatic rings. The van der Waals surface area contributed by atoms with Crippen LogP contribution in [0.4, 0.5) is 10.2 Å². The van der Waals surface area contributed by atoms with Crippen molar-refractivity contribution in [3.8, 4) is 0 Å². The highest BCUT2D eigenvalue weighted by molar-refractivity contribution is 5.78. The highest BCUT2D eigenvalue weighted by Crippen LogP contribution is 2.36. The minimum absolute atomic E-state index is 0.0836. The van der Waals surface area contributed by atoms with Crippen molar-refractivity contribution < 1.29 is 34.0 Å². The number of aliphatic hydroxyl groups excluding tert-OH is 3. The van der Waals surface area contributed by atoms with Gasteiger partial charge in [-0.3, -0.25) is 4.57 Å². The van der Waals surface area contributed by atoms with Crippen LogP contribution in [0.15, 0.2) is 11.0 Å². The number of anilines is 1. The molecule has 0 unspecified atom stereocenters. The molecule has 0 saturated carbocycles. The highest BCUT2D eigenvalue weighted by atomic mass is 19.1. The zero-order valence-corrected chi connectivity index (χ0v) is 15.3. The highest BCUT2D eigenvalue weighted by Gasteiger charge is 2.62. The van der Waals surface area contributed by atoms with E-state index in [1.807, 2.05) is 20.8 Å². The molecule has 1 aliphatic heterocycles. The Morgan fingerprint density at radius 1 is 1.48 bits per heavy atom. The van der Waals surface area contributed by atoms with Crippen LogP contribution in [-0.2, 0) is 20.0 Å². The maximum Gasteiger partial charge on any atom is 0.363 e. The maximum atomic E-state index is 13.9. The lowest BCUT2D eigenvalue weighted by atomic mass is 9.93. The molecular weight excluding hydrogens is 365 g/mol. The quantitative estimate of drug-likeness (QED) is 0.450. The van der Waals surface area contributed by atoms with Crippen LogP contribution >= 0.6 is 0 Å². The summed E-state index contributed by atoms with van der Waals surface area (Å²) in [6.45, 7) is 4.88. The van der Waals surface area contributed by atoms with Gasteiger partial charge in [-0.2, -0.15) is 4.98 Å². The van der Waals surface area contributed by atoms with Crippen molar-refractivity contribution >= 4 is 11.8 Å². The first-order valence-electron chi connectivity index (χ1n) is 8.31. The number of aliphatic hydroxyl groups is 3. The average molecular weight is 389 g/mol. The van der Waals surface area contributed by atoms with Gasteiger partial charge in [0, 0.05) is 0 Å². The molecule has 0 bridgehead atoms. The lowest BCUT2D eigenvalue weighted by molar-refractivity contribution is -0.202. The predicted molar refractivity (Wildman–Crippen MR) is 89.8 cm³/mol. The van der Waals surface area contributed by atoms with Crippen molar-refractivity contribution in [2.75, 3.05) is 18.9 Å². The van der Waals surface area contributed by atoms with Gasteiger partial charge in [0.15, 0.2) is 11.6 Å². The van der Waals surface area contributed by atoms with Crippen LogP contribution in [0, 0.1) is 11.2 Å². The number of carbonyl (C=O) groups is 1. The summed E-state index contributed by atoms with van der Waals surface area (Å²) in [6.07, 6.45) is -4.20. The van der Waals surface area contributed by atoms with Gasteiger partial charge < -0.3 is 30.5 Å². The van der Waals surface area contributed by atoms with E-state index >= 15 is 0 Å². The zero-order valence-electron chi connectivity index (χ0n) is 15.3. The molecule has 0 radical (unpaired) electrons. The largest absolute Gasteiger partial charge is 0.462 e. The number of aromatic nitrogens is 2. The van der Waals surface area contributed by atoms with E-state index in [9.17, 15) is 29.3 Å². The standard InChI is InChI=1S/C16H24FN3O7/c1-15(2,3)4-5-26-13(24)16(11(23)10(22)9(7-21)27-16)20-6-8(17)12(18)19-14(20)25/h6,9-11,21-23H,4-5,7H2,1-3H3,(H2,18,19,25)/t9-,10-,11-,16+/m1/s1. The lowest BCUT2D eigenvalue weighted by Gasteiger charge is -2.31. The first-order valence-corrected chi connectivity index (χ1v) is 8.31. The van der Waals surface area contributed by atoms with Crippen LogP contribution < -0.4 is 11.4 Å². The number of esters is 1. The van der Waals surface area contributed by atoms with E-state index in [0.29, 0.717) is 17.2 Å². The van der Waals surface area contributed by atoms with Crippen LogP contribution in [0.1, 0.15) is 27.2 Å². The minimum atomic E-state index is -2.62. The number of carbonyl (C=O) groups excluding carboxylic acids is 1. The second-order valence-corrected chi connectivity index (χ2v) is 7.54. The monoisotopic (exact) mass is 389 g/mol. The van der Waals surface area contributed by atoms with Crippen LogP contribution in [0.3, 0.4) is 0 Å². The van der Waals surface area contributed by atoms with E-state index in [1.165, 1.54) is 0 Å². The molecule has 1 aromatic heterocycles. The minimum Gasteiger partial charge on any atom is -0.462 e. The summed E-state index contributed by atoms with van der Waals surface area (Å²) in [7, 11) is 0. The summed E-state index contributed by atoms with van der Waals surface area (Å²) < 4.78 is 24.7. The molecule has 2 heterocycles. The van der Waals surface area contributed by atoms with Crippen LogP contribution in [0.2, 0.25) is 0 Å². The molecular formula is C16H24FN3O7. The molecule has 0 aliphatic carbocycles. The van der Waals surface area contributed by atoms with Crippen molar-refractivity contribution in [1.29, 1.82) is 0 Å². The van der Waals surface area contributed by atoms with Gasteiger partial charge in [-0.05, 0) is 11.8 Å². The van der Waals surface area contributed by atoms with E-state index in [2.05, 4.69) is 4.98 Å². The Hall–Kier alpha value is -2.08. The van der Waals surface area contributed by atoms with Gasteiger partial charge in [0.05, 0.1) is 19.4 Å². The van der Waals surface area contributed by atoms with E-state index in [1.54, 1.807) is 0 Å². The Kier molecular flexibility index (Phi) is 5.90. The molecule has 0 aromatic carbocycles. The van der Waals surface area contributed by atoms with Gasteiger partial charge in [0.1, 0.15) is 18.3 Å². The molecule has 0 spiro atoms. The second kappa shape index (κ2) is 7.50. The summed E-state index contributed by atoms with van der Waals surface area (Å²) >= 11 is 0. The Morgan fingerprint density at radius 3 is 2.63 bits per heavy atom. The molecule has 1 aromatic rings. The molecule has 1 fully saturated rings. The first kappa shape index (κ1) is 21.2. The maximum absolute atomic E-state index is 13.9. The number of rotatable bonds is 5. The van der Waals surface area contributed by atoms with E-state index < -0.39 is 53.9 Å². The van der Waals surface area contributed by atoms with Crippen molar-refractivity contribution in [3.63, 3.8) is 0 Å². The molecule has 2 rings (SSSR count). The fourth-order valence-corrected chi connectivity index (χ4v) is 2.65. The molecule has 4 atom stereocenters. The molecule has 5 N–H and O–H groups in total. The van der Waals surface area contributed by atoms with Gasteiger partial charge in [-0.1, -0.05) is 20.8 Å². The number of ether oxygens (including phenoxy) is 2. The van der Waals surface area contributed by atoms with Gasteiger partial charge in [0.2, 0.25) is 0 Å². The molecule has 11 heteroatoms. The Balaban J connectivity index is 2.49. The SMILES string of the molecule is CC(C)(C)CCOC(=O)[C@@]1(n2cc(F)c(N)nc2=O)O[C@H](CO)[C@@H](O)[C@H]1O. The average Bonchev–Trinajstić information content (AvgIpc) is 2.82. The summed E-state index contributed by atoms with van der Waals surface area (Å²) in [4.78, 5) is 28.3. The normalized spacial score (nSPS) is 28.3. The molecule has 152 valence electrons. The topological polar surface area (TPSA) is 157 Å². The Labute approximate surface area is 154 Å². The summed E-state index contributed by atoms with van der Waals surface area (Å²) in [6, 6.07) is 0. The molecule has 10 nitrogen and oxygen atoms in total. The zero-order chi connectivity index (χ0) is 20.6. The summed E-state index contributed by atoms with van der Waals surface area (Å²) in [5, 5.41) is 29.8. The lowest BCUT2D eigenvalue weighted by Crippen LogP contribution is -2.57. The van der Waals surface area contributed by atoms with Gasteiger partial charge in [-0.15, -0.1) is 0 Å². The van der Waals surface area contributed by atoms with Crippen LogP contribution in [0.25, 0.3) is 0 Å². The van der Waals surface area contributed by atoms with Crippen molar-refractivity contribution in [1.82, 2.24) is 9.55 Å². The van der Waals surface area contributed by atoms with Gasteiger partial charge >= 0.3 is 11.7 Å². The molecule has 27 heavy (non-hydrogen) atoms. The first-order chi connectivity index (χ1) is 12.4. The number of nitrogens with zero attached hydrogens (tertiary/aromatic N) is 2. The van der Waals surface area contributed by atoms with Crippen LogP contribution in [-0.4, -0.2) is 62.4 Å². The smallest absolute Gasteiger partial charge is 0.363 e. The third-order valence-corrected chi connectivity index (χ3v) is 4.26. The third-order valence-electron chi connectivity index (χ3n) is 4.26. The summed E-state index contributed by atoms with van der Waals surface area (Å²) in [5.41, 5.74) is 1.24. The van der Waals surface area contributed by atoms with E-state index in [-0.39, 0.29) is 12.0 Å². The number of nitrogen functional groups attached to an aromatic ring is 1. The second-order valence-electron chi connectivity index (χ2n) is 7.54. The van der Waals surface area contributed by atoms with Crippen molar-refractivity contribution in [2.24, 2.45) is 5.41 Å². The van der Waals surface area contributed by atoms with Gasteiger partial charge in [0.25, 0.3) is 5.72 Å². The molecule has 0 amide bonds. The number of hydrogen-bond donors (Lipinski definition) is 4. The fraction of sp³-hybridized carbons (Fsp3) is 0.688.